The topological polar surface area (TPSA) is 38.1 Å². The first-order valence-corrected chi connectivity index (χ1v) is 8.58. The van der Waals surface area contributed by atoms with Crippen molar-refractivity contribution in [3.05, 3.63) is 60.4 Å². The molecule has 1 fully saturated rings. The minimum atomic E-state index is 0.150. The summed E-state index contributed by atoms with van der Waals surface area (Å²) in [6.07, 6.45) is 1.58. The number of hydrogen-bond donors (Lipinski definition) is 0. The summed E-state index contributed by atoms with van der Waals surface area (Å²) in [5.41, 5.74) is 3.16. The molecule has 24 heavy (non-hydrogen) atoms. The second-order valence-electron chi connectivity index (χ2n) is 6.35. The van der Waals surface area contributed by atoms with Crippen LogP contribution in [0.2, 0.25) is 0 Å². The van der Waals surface area contributed by atoms with E-state index in [1.165, 1.54) is 5.52 Å². The van der Waals surface area contributed by atoms with E-state index < -0.39 is 0 Å². The summed E-state index contributed by atoms with van der Waals surface area (Å²) in [6, 6.07) is 18.2. The fraction of sp³-hybridized carbons (Fsp3) is 0.300. The summed E-state index contributed by atoms with van der Waals surface area (Å²) >= 11 is 0. The number of hydrogen-bond acceptors (Lipinski definition) is 2. The van der Waals surface area contributed by atoms with Gasteiger partial charge in [0.2, 0.25) is 5.91 Å². The van der Waals surface area contributed by atoms with E-state index in [0.29, 0.717) is 13.0 Å². The maximum Gasteiger partial charge on any atom is 0.227 e. The lowest BCUT2D eigenvalue weighted by Crippen LogP contribution is -2.24. The van der Waals surface area contributed by atoms with Gasteiger partial charge in [0.1, 0.15) is 5.82 Å². The quantitative estimate of drug-likeness (QED) is 0.730. The fourth-order valence-electron chi connectivity index (χ4n) is 3.60. The van der Waals surface area contributed by atoms with Crippen molar-refractivity contribution in [3.8, 4) is 0 Å². The maximum atomic E-state index is 12.5. The van der Waals surface area contributed by atoms with Gasteiger partial charge < -0.3 is 9.47 Å². The second kappa shape index (κ2) is 6.11. The molecule has 0 N–H and O–H groups in total. The molecule has 0 spiro atoms. The Kier molecular flexibility index (Phi) is 3.81. The normalized spacial score (nSPS) is 17.8. The number of imidazole rings is 1. The van der Waals surface area contributed by atoms with Crippen molar-refractivity contribution in [1.29, 1.82) is 0 Å². The number of benzene rings is 2. The molecule has 1 saturated heterocycles. The predicted molar refractivity (Wildman–Crippen MR) is 96.2 cm³/mol. The van der Waals surface area contributed by atoms with E-state index >= 15 is 0 Å². The highest BCUT2D eigenvalue weighted by Crippen LogP contribution is 2.33. The molecule has 2 heterocycles. The number of fused-ring (bicyclic) bond motifs is 1. The molecule has 122 valence electrons. The van der Waals surface area contributed by atoms with Crippen molar-refractivity contribution >= 4 is 22.6 Å². The predicted octanol–water partition coefficient (Wildman–Crippen LogP) is 3.97. The highest BCUT2D eigenvalue weighted by atomic mass is 16.2. The number of anilines is 1. The second-order valence-corrected chi connectivity index (χ2v) is 6.35. The Labute approximate surface area is 141 Å². The number of amides is 1. The zero-order chi connectivity index (χ0) is 16.5. The third kappa shape index (κ3) is 2.48. The summed E-state index contributed by atoms with van der Waals surface area (Å²) in [5.74, 6) is 1.38. The minimum Gasteiger partial charge on any atom is -0.328 e. The van der Waals surface area contributed by atoms with Crippen LogP contribution in [0.15, 0.2) is 54.6 Å². The average molecular weight is 319 g/mol. The van der Waals surface area contributed by atoms with Crippen LogP contribution in [0.1, 0.15) is 31.5 Å². The highest BCUT2D eigenvalue weighted by Gasteiger charge is 2.34. The smallest absolute Gasteiger partial charge is 0.227 e. The third-order valence-electron chi connectivity index (χ3n) is 4.69. The van der Waals surface area contributed by atoms with Gasteiger partial charge >= 0.3 is 0 Å². The minimum absolute atomic E-state index is 0.150. The molecule has 1 aliphatic heterocycles. The third-order valence-corrected chi connectivity index (χ3v) is 4.69. The van der Waals surface area contributed by atoms with Crippen molar-refractivity contribution < 1.29 is 4.79 Å². The summed E-state index contributed by atoms with van der Waals surface area (Å²) in [6.45, 7) is 3.82. The van der Waals surface area contributed by atoms with Crippen LogP contribution in [0.4, 0.5) is 5.69 Å². The molecular weight excluding hydrogens is 298 g/mol. The summed E-state index contributed by atoms with van der Waals surface area (Å²) in [7, 11) is 0. The molecule has 2 aromatic carbocycles. The molecule has 0 saturated carbocycles. The van der Waals surface area contributed by atoms with Gasteiger partial charge in [-0.05, 0) is 30.7 Å². The molecule has 3 aromatic rings. The Hall–Kier alpha value is -2.62. The molecule has 1 atom stereocenters. The van der Waals surface area contributed by atoms with Crippen LogP contribution in [0.25, 0.3) is 11.0 Å². The molecule has 1 unspecified atom stereocenters. The summed E-state index contributed by atoms with van der Waals surface area (Å²) < 4.78 is 2.29. The average Bonchev–Trinajstić information content (AvgIpc) is 3.17. The lowest BCUT2D eigenvalue weighted by atomic mass is 10.1. The Morgan fingerprint density at radius 2 is 1.83 bits per heavy atom. The molecule has 4 rings (SSSR count). The van der Waals surface area contributed by atoms with Crippen LogP contribution in [0.3, 0.4) is 0 Å². The zero-order valence-corrected chi connectivity index (χ0v) is 13.9. The number of aryl methyl sites for hydroxylation is 1. The lowest BCUT2D eigenvalue weighted by Gasteiger charge is -2.17. The molecule has 0 bridgehead atoms. The van der Waals surface area contributed by atoms with Crippen LogP contribution in [0, 0.1) is 0 Å². The van der Waals surface area contributed by atoms with Gasteiger partial charge in [-0.3, -0.25) is 4.79 Å². The molecule has 1 aliphatic rings. The summed E-state index contributed by atoms with van der Waals surface area (Å²) in [4.78, 5) is 19.3. The monoisotopic (exact) mass is 319 g/mol. The van der Waals surface area contributed by atoms with Gasteiger partial charge in [0.25, 0.3) is 0 Å². The fourth-order valence-corrected chi connectivity index (χ4v) is 3.60. The van der Waals surface area contributed by atoms with Crippen LogP contribution < -0.4 is 4.90 Å². The standard InChI is InChI=1S/C20H21N3O/c1-2-12-22-18-11-7-6-10-17(18)21-20(22)15-13-19(24)23(14-15)16-8-4-3-5-9-16/h3-11,15H,2,12-14H2,1H3. The Bertz CT molecular complexity index is 869. The van der Waals surface area contributed by atoms with Gasteiger partial charge in [-0.25, -0.2) is 4.98 Å². The SMILES string of the molecule is CCCn1c(C2CC(=O)N(c3ccccc3)C2)nc2ccccc21. The van der Waals surface area contributed by atoms with Gasteiger partial charge in [0.05, 0.1) is 11.0 Å². The maximum absolute atomic E-state index is 12.5. The molecule has 4 heteroatoms. The summed E-state index contributed by atoms with van der Waals surface area (Å²) in [5, 5.41) is 0. The number of nitrogens with zero attached hydrogens (tertiary/aromatic N) is 3. The van der Waals surface area contributed by atoms with E-state index in [0.717, 1.165) is 30.0 Å². The van der Waals surface area contributed by atoms with E-state index in [1.807, 2.05) is 41.3 Å². The van der Waals surface area contributed by atoms with Crippen LogP contribution >= 0.6 is 0 Å². The van der Waals surface area contributed by atoms with Crippen molar-refractivity contribution in [3.63, 3.8) is 0 Å². The van der Waals surface area contributed by atoms with Crippen LogP contribution in [-0.2, 0) is 11.3 Å². The van der Waals surface area contributed by atoms with Crippen molar-refractivity contribution in [2.75, 3.05) is 11.4 Å². The van der Waals surface area contributed by atoms with Gasteiger partial charge in [0.15, 0.2) is 0 Å². The molecule has 1 aromatic heterocycles. The first-order chi connectivity index (χ1) is 11.8. The zero-order valence-electron chi connectivity index (χ0n) is 13.9. The van der Waals surface area contributed by atoms with Crippen molar-refractivity contribution in [2.24, 2.45) is 0 Å². The van der Waals surface area contributed by atoms with Crippen LogP contribution in [-0.4, -0.2) is 22.0 Å². The van der Waals surface area contributed by atoms with E-state index in [1.54, 1.807) is 0 Å². The van der Waals surface area contributed by atoms with Crippen molar-refractivity contribution in [2.45, 2.75) is 32.2 Å². The first-order valence-electron chi connectivity index (χ1n) is 8.58. The lowest BCUT2D eigenvalue weighted by molar-refractivity contribution is -0.117. The number of rotatable bonds is 4. The van der Waals surface area contributed by atoms with E-state index in [9.17, 15) is 4.79 Å². The molecule has 0 radical (unpaired) electrons. The van der Waals surface area contributed by atoms with Gasteiger partial charge in [0, 0.05) is 31.1 Å². The number of para-hydroxylation sites is 3. The van der Waals surface area contributed by atoms with E-state index in [-0.39, 0.29) is 11.8 Å². The number of carbonyl (C=O) groups is 1. The molecule has 0 aliphatic carbocycles. The number of aromatic nitrogens is 2. The number of carbonyl (C=O) groups excluding carboxylic acids is 1. The van der Waals surface area contributed by atoms with Crippen molar-refractivity contribution in [1.82, 2.24) is 9.55 Å². The largest absolute Gasteiger partial charge is 0.328 e. The molecule has 4 nitrogen and oxygen atoms in total. The van der Waals surface area contributed by atoms with Gasteiger partial charge in [-0.15, -0.1) is 0 Å². The van der Waals surface area contributed by atoms with E-state index in [2.05, 4.69) is 29.7 Å². The first kappa shape index (κ1) is 14.9. The van der Waals surface area contributed by atoms with E-state index in [4.69, 9.17) is 4.98 Å². The Morgan fingerprint density at radius 3 is 2.62 bits per heavy atom. The Balaban J connectivity index is 1.71. The van der Waals surface area contributed by atoms with Gasteiger partial charge in [-0.1, -0.05) is 37.3 Å². The molecular formula is C20H21N3O. The highest BCUT2D eigenvalue weighted by molar-refractivity contribution is 5.96. The Morgan fingerprint density at radius 1 is 1.08 bits per heavy atom. The van der Waals surface area contributed by atoms with Crippen LogP contribution in [0.5, 0.6) is 0 Å². The van der Waals surface area contributed by atoms with Gasteiger partial charge in [-0.2, -0.15) is 0 Å². The molecule has 1 amide bonds.